The van der Waals surface area contributed by atoms with Crippen LogP contribution < -0.4 is 5.73 Å². The Bertz CT molecular complexity index is 835. The number of halogens is 1. The van der Waals surface area contributed by atoms with Crippen LogP contribution in [0.15, 0.2) is 47.4 Å². The highest BCUT2D eigenvalue weighted by molar-refractivity contribution is 7.89. The summed E-state index contributed by atoms with van der Waals surface area (Å²) in [4.78, 5) is 0.419. The van der Waals surface area contributed by atoms with Crippen molar-refractivity contribution in [3.63, 3.8) is 0 Å². The quantitative estimate of drug-likeness (QED) is 0.888. The molecule has 3 atom stereocenters. The zero-order valence-corrected chi connectivity index (χ0v) is 15.1. The summed E-state index contributed by atoms with van der Waals surface area (Å²) in [5, 5.41) is 1.76. The van der Waals surface area contributed by atoms with Gasteiger partial charge < -0.3 is 5.73 Å². The van der Waals surface area contributed by atoms with E-state index in [0.29, 0.717) is 29.8 Å². The van der Waals surface area contributed by atoms with Crippen LogP contribution in [0, 0.1) is 11.8 Å². The summed E-state index contributed by atoms with van der Waals surface area (Å²) in [5.41, 5.74) is 6.23. The summed E-state index contributed by atoms with van der Waals surface area (Å²) in [6.07, 6.45) is 3.23. The monoisotopic (exact) mass is 366 g/mol. The molecule has 2 aromatic rings. The molecular weight excluding hydrogens is 344 g/mol. The molecule has 0 radical (unpaired) electrons. The number of nitrogens with zero attached hydrogens (tertiary/aromatic N) is 1. The molecule has 1 heterocycles. The first-order chi connectivity index (χ1) is 11.1. The van der Waals surface area contributed by atoms with Crippen molar-refractivity contribution in [3.05, 3.63) is 42.5 Å². The Morgan fingerprint density at radius 3 is 2.54 bits per heavy atom. The molecule has 4 nitrogen and oxygen atoms in total. The lowest BCUT2D eigenvalue weighted by atomic mass is 9.78. The summed E-state index contributed by atoms with van der Waals surface area (Å²) in [5.74, 6) is 0.733. The van der Waals surface area contributed by atoms with E-state index in [1.54, 1.807) is 10.4 Å². The minimum Gasteiger partial charge on any atom is -0.327 e. The first-order valence-electron chi connectivity index (χ1n) is 8.31. The van der Waals surface area contributed by atoms with E-state index in [2.05, 4.69) is 0 Å². The van der Waals surface area contributed by atoms with Crippen molar-refractivity contribution in [2.45, 2.75) is 30.2 Å². The Morgan fingerprint density at radius 1 is 1.00 bits per heavy atom. The van der Waals surface area contributed by atoms with Crippen LogP contribution in [0.2, 0.25) is 0 Å². The number of rotatable bonds is 2. The van der Waals surface area contributed by atoms with Crippen molar-refractivity contribution in [3.8, 4) is 0 Å². The molecular formula is C18H23ClN2O2S. The van der Waals surface area contributed by atoms with Gasteiger partial charge in [0.2, 0.25) is 10.0 Å². The van der Waals surface area contributed by atoms with Gasteiger partial charge in [-0.3, -0.25) is 0 Å². The first-order valence-corrected chi connectivity index (χ1v) is 9.75. The van der Waals surface area contributed by atoms with Crippen LogP contribution in [0.5, 0.6) is 0 Å². The van der Waals surface area contributed by atoms with Crippen molar-refractivity contribution in [1.29, 1.82) is 0 Å². The van der Waals surface area contributed by atoms with Crippen LogP contribution in [0.4, 0.5) is 0 Å². The molecule has 0 amide bonds. The molecule has 1 aliphatic heterocycles. The first kappa shape index (κ1) is 17.7. The molecule has 24 heavy (non-hydrogen) atoms. The Balaban J connectivity index is 0.00000169. The molecule has 3 unspecified atom stereocenters. The average molecular weight is 367 g/mol. The summed E-state index contributed by atoms with van der Waals surface area (Å²) in [6, 6.07) is 13.3. The highest BCUT2D eigenvalue weighted by atomic mass is 35.5. The number of benzene rings is 2. The van der Waals surface area contributed by atoms with Gasteiger partial charge in [0.1, 0.15) is 0 Å². The van der Waals surface area contributed by atoms with Gasteiger partial charge in [-0.1, -0.05) is 42.8 Å². The molecule has 0 spiro atoms. The Morgan fingerprint density at radius 2 is 1.75 bits per heavy atom. The third kappa shape index (κ3) is 2.84. The Labute approximate surface area is 149 Å². The number of hydrogen-bond donors (Lipinski definition) is 1. The third-order valence-electron chi connectivity index (χ3n) is 5.49. The second-order valence-electron chi connectivity index (χ2n) is 6.82. The van der Waals surface area contributed by atoms with Crippen molar-refractivity contribution in [2.75, 3.05) is 13.1 Å². The predicted octanol–water partition coefficient (Wildman–Crippen LogP) is 3.01. The molecule has 6 heteroatoms. The molecule has 1 saturated heterocycles. The third-order valence-corrected chi connectivity index (χ3v) is 7.38. The summed E-state index contributed by atoms with van der Waals surface area (Å²) < 4.78 is 28.0. The van der Waals surface area contributed by atoms with E-state index in [0.717, 1.165) is 30.0 Å². The van der Waals surface area contributed by atoms with Gasteiger partial charge in [0.05, 0.1) is 4.90 Å². The summed E-state index contributed by atoms with van der Waals surface area (Å²) in [6.45, 7) is 1.18. The topological polar surface area (TPSA) is 63.4 Å². The van der Waals surface area contributed by atoms with Crippen LogP contribution in [-0.2, 0) is 10.0 Å². The van der Waals surface area contributed by atoms with Crippen LogP contribution in [-0.4, -0.2) is 31.9 Å². The Hall–Kier alpha value is -1.14. The zero-order valence-electron chi connectivity index (χ0n) is 13.5. The molecule has 1 saturated carbocycles. The number of nitrogens with two attached hydrogens (primary N) is 1. The standard InChI is InChI=1S/C18H22N2O2S.ClH/c19-17-9-3-7-14-11-20(12-16(14)17)23(21,22)18-10-4-6-13-5-1-2-8-15(13)18;/h1-2,4-6,8,10,14,16-17H,3,7,9,11-12,19H2;1H. The fourth-order valence-corrected chi connectivity index (χ4v) is 5.98. The zero-order chi connectivity index (χ0) is 16.0. The summed E-state index contributed by atoms with van der Waals surface area (Å²) >= 11 is 0. The average Bonchev–Trinajstić information content (AvgIpc) is 3.01. The molecule has 1 aliphatic carbocycles. The SMILES string of the molecule is Cl.NC1CCCC2CN(S(=O)(=O)c3cccc4ccccc34)CC12. The van der Waals surface area contributed by atoms with E-state index in [9.17, 15) is 8.42 Å². The van der Waals surface area contributed by atoms with E-state index in [4.69, 9.17) is 5.73 Å². The van der Waals surface area contributed by atoms with Gasteiger partial charge in [-0.25, -0.2) is 8.42 Å². The highest BCUT2D eigenvalue weighted by Crippen LogP contribution is 2.38. The van der Waals surface area contributed by atoms with Crippen LogP contribution in [0.1, 0.15) is 19.3 Å². The molecule has 2 N–H and O–H groups in total. The predicted molar refractivity (Wildman–Crippen MR) is 98.8 cm³/mol. The molecule has 2 fully saturated rings. The summed E-state index contributed by atoms with van der Waals surface area (Å²) in [7, 11) is -3.47. The molecule has 2 aliphatic rings. The van der Waals surface area contributed by atoms with Crippen LogP contribution in [0.25, 0.3) is 10.8 Å². The van der Waals surface area contributed by atoms with Gasteiger partial charge in [-0.2, -0.15) is 4.31 Å². The minimum absolute atomic E-state index is 0. The van der Waals surface area contributed by atoms with E-state index in [-0.39, 0.29) is 18.4 Å². The van der Waals surface area contributed by atoms with Crippen molar-refractivity contribution in [1.82, 2.24) is 4.31 Å². The van der Waals surface area contributed by atoms with E-state index >= 15 is 0 Å². The normalized spacial score (nSPS) is 27.6. The van der Waals surface area contributed by atoms with Crippen molar-refractivity contribution < 1.29 is 8.42 Å². The fourth-order valence-electron chi connectivity index (χ4n) is 4.23. The lowest BCUT2D eigenvalue weighted by Gasteiger charge is -2.29. The smallest absolute Gasteiger partial charge is 0.243 e. The van der Waals surface area contributed by atoms with Crippen LogP contribution in [0.3, 0.4) is 0 Å². The number of sulfonamides is 1. The van der Waals surface area contributed by atoms with Gasteiger partial charge in [-0.05, 0) is 36.1 Å². The lowest BCUT2D eigenvalue weighted by Crippen LogP contribution is -2.38. The fraction of sp³-hybridized carbons (Fsp3) is 0.444. The second-order valence-corrected chi connectivity index (χ2v) is 8.72. The number of hydrogen-bond acceptors (Lipinski definition) is 3. The largest absolute Gasteiger partial charge is 0.327 e. The second kappa shape index (κ2) is 6.64. The number of fused-ring (bicyclic) bond motifs is 2. The molecule has 4 rings (SSSR count). The van der Waals surface area contributed by atoms with Gasteiger partial charge in [0, 0.05) is 24.5 Å². The van der Waals surface area contributed by atoms with E-state index in [1.807, 2.05) is 36.4 Å². The molecule has 0 aromatic heterocycles. The van der Waals surface area contributed by atoms with E-state index in [1.165, 1.54) is 0 Å². The van der Waals surface area contributed by atoms with Gasteiger partial charge >= 0.3 is 0 Å². The lowest BCUT2D eigenvalue weighted by molar-refractivity contribution is 0.260. The molecule has 130 valence electrons. The molecule has 0 bridgehead atoms. The van der Waals surface area contributed by atoms with Gasteiger partial charge in [0.15, 0.2) is 0 Å². The maximum atomic E-state index is 13.2. The maximum Gasteiger partial charge on any atom is 0.243 e. The maximum absolute atomic E-state index is 13.2. The van der Waals surface area contributed by atoms with Gasteiger partial charge in [0.25, 0.3) is 0 Å². The Kier molecular flexibility index (Phi) is 4.89. The van der Waals surface area contributed by atoms with Gasteiger partial charge in [-0.15, -0.1) is 12.4 Å². The van der Waals surface area contributed by atoms with Crippen molar-refractivity contribution in [2.24, 2.45) is 17.6 Å². The molecule has 2 aromatic carbocycles. The van der Waals surface area contributed by atoms with Crippen molar-refractivity contribution >= 4 is 33.2 Å². The van der Waals surface area contributed by atoms with Crippen LogP contribution >= 0.6 is 12.4 Å². The highest BCUT2D eigenvalue weighted by Gasteiger charge is 2.43. The van der Waals surface area contributed by atoms with E-state index < -0.39 is 10.0 Å². The minimum atomic E-state index is -3.47.